The van der Waals surface area contributed by atoms with Crippen LogP contribution < -0.4 is 5.73 Å². The Hall–Kier alpha value is -1.76. The van der Waals surface area contributed by atoms with Gasteiger partial charge in [0.1, 0.15) is 0 Å². The molecular formula is C11H12F3NO3. The minimum absolute atomic E-state index is 0.207. The van der Waals surface area contributed by atoms with E-state index in [2.05, 4.69) is 4.74 Å². The van der Waals surface area contributed by atoms with Crippen LogP contribution in [0.3, 0.4) is 0 Å². The molecule has 0 heterocycles. The first-order valence-corrected chi connectivity index (χ1v) is 4.95. The highest BCUT2D eigenvalue weighted by Crippen LogP contribution is 2.37. The maximum absolute atomic E-state index is 12.7. The van der Waals surface area contributed by atoms with Crippen molar-refractivity contribution >= 4 is 11.7 Å². The number of nitrogen functional groups attached to an aromatic ring is 1. The molecule has 1 aromatic carbocycles. The van der Waals surface area contributed by atoms with Crippen LogP contribution in [0.5, 0.6) is 0 Å². The Bertz CT molecular complexity index is 469. The number of ether oxygens (including phenoxy) is 1. The Balaban J connectivity index is 3.49. The molecule has 0 bridgehead atoms. The molecule has 0 amide bonds. The molecule has 1 atom stereocenters. The van der Waals surface area contributed by atoms with Crippen molar-refractivity contribution < 1.29 is 27.8 Å². The second kappa shape index (κ2) is 4.85. The van der Waals surface area contributed by atoms with Gasteiger partial charge >= 0.3 is 12.1 Å². The van der Waals surface area contributed by atoms with Crippen molar-refractivity contribution in [2.75, 3.05) is 12.8 Å². The first kappa shape index (κ1) is 14.3. The van der Waals surface area contributed by atoms with Crippen molar-refractivity contribution in [3.8, 4) is 0 Å². The Kier molecular flexibility index (Phi) is 3.85. The molecule has 1 aromatic rings. The Labute approximate surface area is 101 Å². The number of rotatable bonds is 2. The number of anilines is 1. The Morgan fingerprint density at radius 2 is 2.00 bits per heavy atom. The predicted molar refractivity (Wildman–Crippen MR) is 57.8 cm³/mol. The third-order valence-corrected chi connectivity index (χ3v) is 2.38. The van der Waals surface area contributed by atoms with Crippen LogP contribution in [0, 0.1) is 0 Å². The third-order valence-electron chi connectivity index (χ3n) is 2.38. The van der Waals surface area contributed by atoms with Crippen LogP contribution >= 0.6 is 0 Å². The molecule has 0 spiro atoms. The lowest BCUT2D eigenvalue weighted by atomic mass is 9.98. The minimum Gasteiger partial charge on any atom is -0.465 e. The Morgan fingerprint density at radius 1 is 1.44 bits per heavy atom. The van der Waals surface area contributed by atoms with Gasteiger partial charge in [-0.05, 0) is 24.6 Å². The van der Waals surface area contributed by atoms with Crippen molar-refractivity contribution in [1.29, 1.82) is 0 Å². The first-order valence-electron chi connectivity index (χ1n) is 4.95. The number of halogens is 3. The van der Waals surface area contributed by atoms with Gasteiger partial charge in [-0.1, -0.05) is 0 Å². The molecule has 7 heteroatoms. The molecule has 3 N–H and O–H groups in total. The SMILES string of the molecule is COC(=O)c1cc(C(C)O)c(C(F)(F)F)cc1N. The molecule has 0 aliphatic carbocycles. The van der Waals surface area contributed by atoms with Gasteiger partial charge < -0.3 is 15.6 Å². The summed E-state index contributed by atoms with van der Waals surface area (Å²) in [7, 11) is 1.08. The summed E-state index contributed by atoms with van der Waals surface area (Å²) in [6.45, 7) is 1.17. The number of aliphatic hydroxyl groups excluding tert-OH is 1. The fourth-order valence-electron chi connectivity index (χ4n) is 1.51. The molecule has 0 fully saturated rings. The normalized spacial score (nSPS) is 13.2. The number of carbonyl (C=O) groups excluding carboxylic acids is 1. The summed E-state index contributed by atoms with van der Waals surface area (Å²) in [5.41, 5.74) is 3.34. The number of esters is 1. The average Bonchev–Trinajstić information content (AvgIpc) is 2.26. The van der Waals surface area contributed by atoms with E-state index in [-0.39, 0.29) is 11.3 Å². The van der Waals surface area contributed by atoms with Gasteiger partial charge in [0.2, 0.25) is 0 Å². The van der Waals surface area contributed by atoms with E-state index >= 15 is 0 Å². The van der Waals surface area contributed by atoms with E-state index in [0.717, 1.165) is 13.2 Å². The highest BCUT2D eigenvalue weighted by Gasteiger charge is 2.35. The van der Waals surface area contributed by atoms with E-state index in [0.29, 0.717) is 6.07 Å². The zero-order valence-corrected chi connectivity index (χ0v) is 9.71. The summed E-state index contributed by atoms with van der Waals surface area (Å²) < 4.78 is 42.6. The number of alkyl halides is 3. The molecule has 0 aromatic heterocycles. The maximum atomic E-state index is 12.7. The van der Waals surface area contributed by atoms with Gasteiger partial charge in [-0.15, -0.1) is 0 Å². The zero-order valence-electron chi connectivity index (χ0n) is 9.71. The van der Waals surface area contributed by atoms with Crippen LogP contribution in [-0.2, 0) is 10.9 Å². The summed E-state index contributed by atoms with van der Waals surface area (Å²) in [4.78, 5) is 11.3. The summed E-state index contributed by atoms with van der Waals surface area (Å²) in [5.74, 6) is -0.858. The monoisotopic (exact) mass is 263 g/mol. The second-order valence-electron chi connectivity index (χ2n) is 3.69. The highest BCUT2D eigenvalue weighted by molar-refractivity contribution is 5.95. The summed E-state index contributed by atoms with van der Waals surface area (Å²) >= 11 is 0. The largest absolute Gasteiger partial charge is 0.465 e. The smallest absolute Gasteiger partial charge is 0.416 e. The number of aliphatic hydroxyl groups is 1. The van der Waals surface area contributed by atoms with E-state index in [9.17, 15) is 23.1 Å². The van der Waals surface area contributed by atoms with E-state index in [1.54, 1.807) is 0 Å². The van der Waals surface area contributed by atoms with E-state index < -0.39 is 29.4 Å². The quantitative estimate of drug-likeness (QED) is 0.633. The van der Waals surface area contributed by atoms with Crippen molar-refractivity contribution in [3.63, 3.8) is 0 Å². The molecule has 0 saturated heterocycles. The number of carbonyl (C=O) groups is 1. The maximum Gasteiger partial charge on any atom is 0.416 e. The number of hydrogen-bond acceptors (Lipinski definition) is 4. The molecule has 1 unspecified atom stereocenters. The van der Waals surface area contributed by atoms with Crippen LogP contribution in [0.2, 0.25) is 0 Å². The number of nitrogens with two attached hydrogens (primary N) is 1. The van der Waals surface area contributed by atoms with E-state index in [4.69, 9.17) is 5.73 Å². The number of hydrogen-bond donors (Lipinski definition) is 2. The fourth-order valence-corrected chi connectivity index (χ4v) is 1.51. The van der Waals surface area contributed by atoms with Crippen molar-refractivity contribution in [1.82, 2.24) is 0 Å². The van der Waals surface area contributed by atoms with Gasteiger partial charge in [0, 0.05) is 5.69 Å². The lowest BCUT2D eigenvalue weighted by Crippen LogP contribution is -2.15. The van der Waals surface area contributed by atoms with Crippen molar-refractivity contribution in [2.24, 2.45) is 0 Å². The third kappa shape index (κ3) is 2.73. The number of benzene rings is 1. The molecular weight excluding hydrogens is 251 g/mol. The lowest BCUT2D eigenvalue weighted by molar-refractivity contribution is -0.139. The Morgan fingerprint density at radius 3 is 2.39 bits per heavy atom. The zero-order chi connectivity index (χ0) is 14.1. The van der Waals surface area contributed by atoms with E-state index in [1.807, 2.05) is 0 Å². The molecule has 0 aliphatic heterocycles. The van der Waals surface area contributed by atoms with Crippen molar-refractivity contribution in [3.05, 3.63) is 28.8 Å². The van der Waals surface area contributed by atoms with Gasteiger partial charge in [-0.2, -0.15) is 13.2 Å². The molecule has 1 rings (SSSR count). The number of methoxy groups -OCH3 is 1. The predicted octanol–water partition coefficient (Wildman–Crippen LogP) is 2.13. The average molecular weight is 263 g/mol. The minimum atomic E-state index is -4.66. The first-order chi connectivity index (χ1) is 8.18. The lowest BCUT2D eigenvalue weighted by Gasteiger charge is -2.17. The summed E-state index contributed by atoms with van der Waals surface area (Å²) in [6, 6.07) is 1.52. The molecule has 0 radical (unpaired) electrons. The van der Waals surface area contributed by atoms with Crippen LogP contribution in [-0.4, -0.2) is 18.2 Å². The highest BCUT2D eigenvalue weighted by atomic mass is 19.4. The van der Waals surface area contributed by atoms with Crippen LogP contribution in [0.15, 0.2) is 12.1 Å². The van der Waals surface area contributed by atoms with Crippen molar-refractivity contribution in [2.45, 2.75) is 19.2 Å². The van der Waals surface area contributed by atoms with Crippen LogP contribution in [0.25, 0.3) is 0 Å². The van der Waals surface area contributed by atoms with E-state index in [1.165, 1.54) is 6.92 Å². The van der Waals surface area contributed by atoms with Crippen LogP contribution in [0.1, 0.15) is 34.5 Å². The van der Waals surface area contributed by atoms with Gasteiger partial charge in [0.05, 0.1) is 24.3 Å². The van der Waals surface area contributed by atoms with Gasteiger partial charge in [-0.3, -0.25) is 0 Å². The molecule has 4 nitrogen and oxygen atoms in total. The summed E-state index contributed by atoms with van der Waals surface area (Å²) in [5, 5.41) is 9.34. The standard InChI is InChI=1S/C11H12F3NO3/c1-5(16)6-3-7(10(17)18-2)9(15)4-8(6)11(12,13)14/h3-5,16H,15H2,1-2H3. The molecule has 0 saturated carbocycles. The molecule has 100 valence electrons. The second-order valence-corrected chi connectivity index (χ2v) is 3.69. The summed E-state index contributed by atoms with van der Waals surface area (Å²) in [6.07, 6.45) is -6.04. The van der Waals surface area contributed by atoms with Crippen LogP contribution in [0.4, 0.5) is 18.9 Å². The van der Waals surface area contributed by atoms with Gasteiger partial charge in [0.25, 0.3) is 0 Å². The fraction of sp³-hybridized carbons (Fsp3) is 0.364. The molecule has 0 aliphatic rings. The topological polar surface area (TPSA) is 72.5 Å². The van der Waals surface area contributed by atoms with Gasteiger partial charge in [-0.25, -0.2) is 4.79 Å². The van der Waals surface area contributed by atoms with Gasteiger partial charge in [0.15, 0.2) is 0 Å². The molecule has 18 heavy (non-hydrogen) atoms.